The molecule has 0 unspecified atom stereocenters. The second-order valence-corrected chi connectivity index (χ2v) is 9.43. The van der Waals surface area contributed by atoms with Crippen molar-refractivity contribution in [2.75, 3.05) is 0 Å². The van der Waals surface area contributed by atoms with Gasteiger partial charge in [-0.1, -0.05) is 24.3 Å². The summed E-state index contributed by atoms with van der Waals surface area (Å²) in [5.74, 6) is 0. The van der Waals surface area contributed by atoms with Gasteiger partial charge in [-0.3, -0.25) is 4.98 Å². The molecule has 0 amide bonds. The Morgan fingerprint density at radius 3 is 2.42 bits per heavy atom. The fourth-order valence-corrected chi connectivity index (χ4v) is 5.10. The first-order chi connectivity index (χ1) is 15.8. The quantitative estimate of drug-likeness (QED) is 0.443. The molecule has 1 saturated carbocycles. The summed E-state index contributed by atoms with van der Waals surface area (Å²) in [6, 6.07) is 16.2. The molecule has 3 N–H and O–H groups in total. The van der Waals surface area contributed by atoms with Crippen molar-refractivity contribution in [1.29, 1.82) is 0 Å². The zero-order valence-electron chi connectivity index (χ0n) is 18.5. The molecule has 0 atom stereocenters. The van der Waals surface area contributed by atoms with E-state index < -0.39 is 11.1 Å². The van der Waals surface area contributed by atoms with Crippen LogP contribution >= 0.6 is 0 Å². The van der Waals surface area contributed by atoms with Gasteiger partial charge in [-0.2, -0.15) is 9.61 Å². The molecule has 0 spiro atoms. The van der Waals surface area contributed by atoms with Crippen molar-refractivity contribution in [2.45, 2.75) is 37.8 Å². The van der Waals surface area contributed by atoms with Gasteiger partial charge < -0.3 is 10.8 Å². The smallest absolute Gasteiger partial charge is 0.165 e. The lowest BCUT2D eigenvalue weighted by Crippen LogP contribution is -2.58. The van der Waals surface area contributed by atoms with Crippen LogP contribution in [0.1, 0.15) is 31.0 Å². The van der Waals surface area contributed by atoms with Crippen LogP contribution in [0.5, 0.6) is 0 Å². The molecule has 7 nitrogen and oxygen atoms in total. The summed E-state index contributed by atoms with van der Waals surface area (Å²) in [4.78, 5) is 13.8. The highest BCUT2D eigenvalue weighted by molar-refractivity contribution is 5.90. The SMILES string of the molecule is Cc1cc2ncc3cc(-c4ccncc4)c(-c4ccc([C@]5(N)C[C@](C)(O)C5)cc4)nc3n2n1. The number of aromatic nitrogens is 5. The highest BCUT2D eigenvalue weighted by Crippen LogP contribution is 2.46. The molecule has 1 aliphatic rings. The van der Waals surface area contributed by atoms with Gasteiger partial charge in [0.1, 0.15) is 0 Å². The van der Waals surface area contributed by atoms with Gasteiger partial charge in [-0.15, -0.1) is 0 Å². The summed E-state index contributed by atoms with van der Waals surface area (Å²) >= 11 is 0. The molecule has 0 aliphatic heterocycles. The number of nitrogens with zero attached hydrogens (tertiary/aromatic N) is 5. The topological polar surface area (TPSA) is 102 Å². The van der Waals surface area contributed by atoms with Crippen LogP contribution in [-0.2, 0) is 5.54 Å². The summed E-state index contributed by atoms with van der Waals surface area (Å²) in [5.41, 5.74) is 12.7. The standard InChI is InChI=1S/C26H24N6O/c1-16-11-22-29-13-19-12-21(17-7-9-28-10-8-17)23(30-24(19)32(22)31-16)18-3-5-20(6-4-18)26(27)14-25(2,33)15-26/h3-13,33H,14-15,27H2,1-2H3/t25-,26-. The number of hydrogen-bond donors (Lipinski definition) is 2. The Bertz CT molecular complexity index is 1500. The molecule has 4 heterocycles. The van der Waals surface area contributed by atoms with Gasteiger partial charge in [0, 0.05) is 46.7 Å². The van der Waals surface area contributed by atoms with E-state index in [-0.39, 0.29) is 0 Å². The van der Waals surface area contributed by atoms with Crippen LogP contribution in [0.3, 0.4) is 0 Å². The van der Waals surface area contributed by atoms with Crippen LogP contribution in [0.4, 0.5) is 0 Å². The largest absolute Gasteiger partial charge is 0.390 e. The lowest BCUT2D eigenvalue weighted by Gasteiger charge is -2.49. The first-order valence-electron chi connectivity index (χ1n) is 11.0. The minimum absolute atomic E-state index is 0.489. The highest BCUT2D eigenvalue weighted by atomic mass is 16.3. The number of fused-ring (bicyclic) bond motifs is 3. The molecule has 164 valence electrons. The summed E-state index contributed by atoms with van der Waals surface area (Å²) in [7, 11) is 0. The maximum atomic E-state index is 10.2. The zero-order valence-corrected chi connectivity index (χ0v) is 18.5. The molecule has 0 radical (unpaired) electrons. The van der Waals surface area contributed by atoms with Crippen LogP contribution in [0.15, 0.2) is 67.1 Å². The second-order valence-electron chi connectivity index (χ2n) is 9.43. The first-order valence-corrected chi connectivity index (χ1v) is 11.0. The third kappa shape index (κ3) is 3.28. The van der Waals surface area contributed by atoms with Crippen LogP contribution in [-0.4, -0.2) is 35.3 Å². The minimum Gasteiger partial charge on any atom is -0.390 e. The lowest BCUT2D eigenvalue weighted by molar-refractivity contribution is -0.0738. The van der Waals surface area contributed by atoms with Gasteiger partial charge in [0.15, 0.2) is 11.3 Å². The molecule has 1 aliphatic carbocycles. The monoisotopic (exact) mass is 436 g/mol. The normalized spacial score (nSPS) is 22.5. The van der Waals surface area contributed by atoms with Gasteiger partial charge in [0.2, 0.25) is 0 Å². The maximum absolute atomic E-state index is 10.2. The van der Waals surface area contributed by atoms with Crippen LogP contribution in [0.2, 0.25) is 0 Å². The van der Waals surface area contributed by atoms with Crippen LogP contribution in [0.25, 0.3) is 39.1 Å². The number of nitrogens with two attached hydrogens (primary N) is 1. The van der Waals surface area contributed by atoms with E-state index >= 15 is 0 Å². The third-order valence-electron chi connectivity index (χ3n) is 6.50. The molecule has 4 aromatic heterocycles. The van der Waals surface area contributed by atoms with Crippen molar-refractivity contribution in [3.05, 3.63) is 78.4 Å². The number of aliphatic hydroxyl groups is 1. The van der Waals surface area contributed by atoms with Gasteiger partial charge in [0.25, 0.3) is 0 Å². The number of rotatable bonds is 3. The van der Waals surface area contributed by atoms with E-state index in [0.717, 1.165) is 50.3 Å². The Labute approximate surface area is 191 Å². The van der Waals surface area contributed by atoms with E-state index in [9.17, 15) is 5.11 Å². The third-order valence-corrected chi connectivity index (χ3v) is 6.50. The summed E-state index contributed by atoms with van der Waals surface area (Å²) in [6.45, 7) is 3.78. The van der Waals surface area contributed by atoms with Crippen LogP contribution in [0, 0.1) is 6.92 Å². The predicted molar refractivity (Wildman–Crippen MR) is 127 cm³/mol. The van der Waals surface area contributed by atoms with Crippen LogP contribution < -0.4 is 5.73 Å². The molecular weight excluding hydrogens is 412 g/mol. The molecular formula is C26H24N6O. The van der Waals surface area contributed by atoms with Crippen molar-refractivity contribution in [1.82, 2.24) is 24.6 Å². The second kappa shape index (κ2) is 6.91. The molecule has 1 aromatic carbocycles. The van der Waals surface area contributed by atoms with Crippen molar-refractivity contribution in [2.24, 2.45) is 5.73 Å². The molecule has 33 heavy (non-hydrogen) atoms. The van der Waals surface area contributed by atoms with E-state index in [1.54, 1.807) is 16.9 Å². The van der Waals surface area contributed by atoms with E-state index in [2.05, 4.69) is 33.3 Å². The molecule has 0 bridgehead atoms. The van der Waals surface area contributed by atoms with E-state index in [0.29, 0.717) is 12.8 Å². The Kier molecular flexibility index (Phi) is 4.18. The zero-order chi connectivity index (χ0) is 22.8. The molecule has 7 heteroatoms. The highest BCUT2D eigenvalue weighted by Gasteiger charge is 2.49. The Morgan fingerprint density at radius 2 is 1.73 bits per heavy atom. The van der Waals surface area contributed by atoms with Crippen molar-refractivity contribution >= 4 is 16.7 Å². The minimum atomic E-state index is -0.691. The fraction of sp³-hybridized carbons (Fsp3) is 0.231. The number of pyridine rings is 2. The Balaban J connectivity index is 1.53. The number of benzene rings is 1. The average Bonchev–Trinajstić information content (AvgIpc) is 3.18. The molecule has 1 fully saturated rings. The predicted octanol–water partition coefficient (Wildman–Crippen LogP) is 4.01. The Morgan fingerprint density at radius 1 is 1.00 bits per heavy atom. The maximum Gasteiger partial charge on any atom is 0.165 e. The molecule has 5 aromatic rings. The molecule has 6 rings (SSSR count). The summed E-state index contributed by atoms with van der Waals surface area (Å²) in [6.07, 6.45) is 6.52. The van der Waals surface area contributed by atoms with Crippen molar-refractivity contribution in [3.8, 4) is 22.4 Å². The van der Waals surface area contributed by atoms with Gasteiger partial charge in [-0.25, -0.2) is 9.97 Å². The average molecular weight is 437 g/mol. The van der Waals surface area contributed by atoms with Gasteiger partial charge in [0.05, 0.1) is 17.0 Å². The summed E-state index contributed by atoms with van der Waals surface area (Å²) in [5, 5.41) is 15.7. The van der Waals surface area contributed by atoms with Gasteiger partial charge in [-0.05, 0) is 56.0 Å². The van der Waals surface area contributed by atoms with Gasteiger partial charge >= 0.3 is 0 Å². The molecule has 0 saturated heterocycles. The van der Waals surface area contributed by atoms with Crippen molar-refractivity contribution in [3.63, 3.8) is 0 Å². The number of hydrogen-bond acceptors (Lipinski definition) is 6. The van der Waals surface area contributed by atoms with Crippen molar-refractivity contribution < 1.29 is 5.11 Å². The lowest BCUT2D eigenvalue weighted by atomic mass is 9.63. The Hall–Kier alpha value is -3.68. The first kappa shape index (κ1) is 20.0. The van der Waals surface area contributed by atoms with E-state index in [1.165, 1.54) is 0 Å². The fourth-order valence-electron chi connectivity index (χ4n) is 5.10. The van der Waals surface area contributed by atoms with E-state index in [4.69, 9.17) is 10.7 Å². The van der Waals surface area contributed by atoms with E-state index in [1.807, 2.05) is 50.4 Å². The summed E-state index contributed by atoms with van der Waals surface area (Å²) < 4.78 is 1.80. The number of aryl methyl sites for hydroxylation is 1.